The number of allylic oxidation sites excluding steroid dienone is 8. The van der Waals surface area contributed by atoms with E-state index in [-0.39, 0.29) is 18.5 Å². The summed E-state index contributed by atoms with van der Waals surface area (Å²) in [6.07, 6.45) is 48.4. The highest BCUT2D eigenvalue weighted by molar-refractivity contribution is 5.69. The van der Waals surface area contributed by atoms with Crippen LogP contribution in [0.15, 0.2) is 48.6 Å². The number of carbonyl (C=O) groups excluding carboxylic acids is 1. The molecule has 0 aliphatic carbocycles. The molecule has 0 amide bonds. The van der Waals surface area contributed by atoms with Crippen molar-refractivity contribution in [1.82, 2.24) is 0 Å². The summed E-state index contributed by atoms with van der Waals surface area (Å²) in [4.78, 5) is 23.3. The Bertz CT molecular complexity index is 763. The molecule has 1 atom stereocenters. The van der Waals surface area contributed by atoms with E-state index in [0.717, 1.165) is 89.9 Å². The van der Waals surface area contributed by atoms with Crippen LogP contribution in [0.25, 0.3) is 0 Å². The van der Waals surface area contributed by atoms with Crippen molar-refractivity contribution in [2.45, 2.75) is 200 Å². The number of carboxylic acid groups (broad SMARTS) is 1. The van der Waals surface area contributed by atoms with Crippen molar-refractivity contribution in [1.29, 1.82) is 0 Å². The molecule has 0 rings (SSSR count). The average molecular weight is 629 g/mol. The summed E-state index contributed by atoms with van der Waals surface area (Å²) in [5.41, 5.74) is 0. The Morgan fingerprint density at radius 2 is 0.933 bits per heavy atom. The number of esters is 1. The van der Waals surface area contributed by atoms with Crippen molar-refractivity contribution < 1.29 is 19.4 Å². The second kappa shape index (κ2) is 36.4. The van der Waals surface area contributed by atoms with E-state index in [4.69, 9.17) is 9.84 Å². The van der Waals surface area contributed by atoms with Crippen LogP contribution >= 0.6 is 0 Å². The monoisotopic (exact) mass is 629 g/mol. The first-order chi connectivity index (χ1) is 22.1. The zero-order chi connectivity index (χ0) is 32.9. The van der Waals surface area contributed by atoms with Gasteiger partial charge in [0, 0.05) is 12.8 Å². The molecule has 0 fully saturated rings. The lowest BCUT2D eigenvalue weighted by Crippen LogP contribution is -2.18. The first-order valence-electron chi connectivity index (χ1n) is 19.1. The van der Waals surface area contributed by atoms with Gasteiger partial charge < -0.3 is 9.84 Å². The third-order valence-corrected chi connectivity index (χ3v) is 8.32. The van der Waals surface area contributed by atoms with Gasteiger partial charge in [-0.15, -0.1) is 0 Å². The molecule has 45 heavy (non-hydrogen) atoms. The number of hydrogen-bond acceptors (Lipinski definition) is 3. The second-order valence-electron chi connectivity index (χ2n) is 12.7. The molecule has 0 aliphatic rings. The van der Waals surface area contributed by atoms with Crippen LogP contribution in [0.2, 0.25) is 0 Å². The molecule has 4 nitrogen and oxygen atoms in total. The Morgan fingerprint density at radius 1 is 0.511 bits per heavy atom. The maximum absolute atomic E-state index is 12.6. The number of unbranched alkanes of at least 4 members (excludes halogenated alkanes) is 17. The largest absolute Gasteiger partial charge is 0.481 e. The van der Waals surface area contributed by atoms with Crippen LogP contribution in [-0.4, -0.2) is 23.1 Å². The molecule has 0 aromatic carbocycles. The van der Waals surface area contributed by atoms with Gasteiger partial charge in [0.15, 0.2) is 0 Å². The average Bonchev–Trinajstić information content (AvgIpc) is 3.02. The summed E-state index contributed by atoms with van der Waals surface area (Å²) in [5, 5.41) is 8.81. The normalized spacial score (nSPS) is 12.8. The zero-order valence-corrected chi connectivity index (χ0v) is 29.7. The first-order valence-corrected chi connectivity index (χ1v) is 19.1. The topological polar surface area (TPSA) is 63.6 Å². The molecule has 1 N–H and O–H groups in total. The van der Waals surface area contributed by atoms with E-state index in [2.05, 4.69) is 62.5 Å². The highest BCUT2D eigenvalue weighted by Gasteiger charge is 2.13. The molecule has 0 spiro atoms. The Kier molecular flexibility index (Phi) is 34.7. The summed E-state index contributed by atoms with van der Waals surface area (Å²) >= 11 is 0. The maximum Gasteiger partial charge on any atom is 0.306 e. The van der Waals surface area contributed by atoms with E-state index < -0.39 is 5.97 Å². The highest BCUT2D eigenvalue weighted by atomic mass is 16.5. The number of hydrogen-bond donors (Lipinski definition) is 1. The third kappa shape index (κ3) is 36.2. The van der Waals surface area contributed by atoms with E-state index in [0.29, 0.717) is 6.42 Å². The van der Waals surface area contributed by atoms with Crippen LogP contribution in [0.5, 0.6) is 0 Å². The molecule has 260 valence electrons. The molecular formula is C41H72O4. The van der Waals surface area contributed by atoms with E-state index in [1.165, 1.54) is 77.0 Å². The van der Waals surface area contributed by atoms with Crippen molar-refractivity contribution in [2.24, 2.45) is 0 Å². The fraction of sp³-hybridized carbons (Fsp3) is 0.756. The Hall–Kier alpha value is -2.10. The summed E-state index contributed by atoms with van der Waals surface area (Å²) in [6.45, 7) is 4.43. The fourth-order valence-corrected chi connectivity index (χ4v) is 5.53. The molecule has 1 unspecified atom stereocenters. The van der Waals surface area contributed by atoms with Gasteiger partial charge in [-0.2, -0.15) is 0 Å². The lowest BCUT2D eigenvalue weighted by molar-refractivity contribution is -0.150. The molecular weight excluding hydrogens is 556 g/mol. The van der Waals surface area contributed by atoms with E-state index in [1.807, 2.05) is 0 Å². The SMILES string of the molecule is CC/C=C\C/C=C\C/C=C\C/C=C\CCC(CCCCCCCC(=O)O)OC(=O)CCCCCCCCCCCCCCCC. The minimum absolute atomic E-state index is 0.0183. The van der Waals surface area contributed by atoms with Crippen LogP contribution < -0.4 is 0 Å². The van der Waals surface area contributed by atoms with Crippen molar-refractivity contribution in [2.75, 3.05) is 0 Å². The first kappa shape index (κ1) is 42.9. The highest BCUT2D eigenvalue weighted by Crippen LogP contribution is 2.17. The Morgan fingerprint density at radius 3 is 1.42 bits per heavy atom. The summed E-state index contributed by atoms with van der Waals surface area (Å²) in [6, 6.07) is 0. The molecule has 0 radical (unpaired) electrons. The fourth-order valence-electron chi connectivity index (χ4n) is 5.53. The van der Waals surface area contributed by atoms with Gasteiger partial charge in [0.2, 0.25) is 0 Å². The minimum Gasteiger partial charge on any atom is -0.481 e. The van der Waals surface area contributed by atoms with Crippen molar-refractivity contribution in [3.8, 4) is 0 Å². The summed E-state index contributed by atoms with van der Waals surface area (Å²) in [7, 11) is 0. The van der Waals surface area contributed by atoms with Gasteiger partial charge in [-0.25, -0.2) is 0 Å². The maximum atomic E-state index is 12.6. The molecule has 0 bridgehead atoms. The lowest BCUT2D eigenvalue weighted by Gasteiger charge is -2.17. The van der Waals surface area contributed by atoms with Crippen molar-refractivity contribution in [3.05, 3.63) is 48.6 Å². The zero-order valence-electron chi connectivity index (χ0n) is 29.7. The van der Waals surface area contributed by atoms with Crippen molar-refractivity contribution >= 4 is 11.9 Å². The van der Waals surface area contributed by atoms with Gasteiger partial charge in [-0.05, 0) is 64.2 Å². The van der Waals surface area contributed by atoms with Gasteiger partial charge in [0.1, 0.15) is 6.10 Å². The predicted octanol–water partition coefficient (Wildman–Crippen LogP) is 13.2. The van der Waals surface area contributed by atoms with E-state index >= 15 is 0 Å². The van der Waals surface area contributed by atoms with Crippen LogP contribution in [0.1, 0.15) is 194 Å². The van der Waals surface area contributed by atoms with Gasteiger partial charge in [0.25, 0.3) is 0 Å². The van der Waals surface area contributed by atoms with E-state index in [9.17, 15) is 9.59 Å². The molecule has 0 aliphatic heterocycles. The van der Waals surface area contributed by atoms with Gasteiger partial charge in [-0.3, -0.25) is 9.59 Å². The predicted molar refractivity (Wildman–Crippen MR) is 195 cm³/mol. The molecule has 0 saturated heterocycles. The summed E-state index contributed by atoms with van der Waals surface area (Å²) in [5.74, 6) is -0.748. The standard InChI is InChI=1S/C41H72O4/c1-3-5-7-9-11-13-15-17-19-21-23-25-30-34-38-41(44)45-39(36-32-28-26-29-33-37-40(42)43)35-31-27-24-22-20-18-16-14-12-10-8-6-4-2/h6,8,12,14,18,20,24,27,39H,3-5,7,9-11,13,15-17,19,21-23,25-26,28-38H2,1-2H3,(H,42,43)/b8-6-,14-12-,20-18-,27-24-. The van der Waals surface area contributed by atoms with Crippen LogP contribution in [0, 0.1) is 0 Å². The van der Waals surface area contributed by atoms with Crippen LogP contribution in [-0.2, 0) is 14.3 Å². The second-order valence-corrected chi connectivity index (χ2v) is 12.7. The van der Waals surface area contributed by atoms with Crippen LogP contribution in [0.4, 0.5) is 0 Å². The smallest absolute Gasteiger partial charge is 0.306 e. The molecule has 0 heterocycles. The van der Waals surface area contributed by atoms with Crippen LogP contribution in [0.3, 0.4) is 0 Å². The van der Waals surface area contributed by atoms with Gasteiger partial charge >= 0.3 is 11.9 Å². The van der Waals surface area contributed by atoms with Gasteiger partial charge in [-0.1, -0.05) is 165 Å². The quantitative estimate of drug-likeness (QED) is 0.0437. The van der Waals surface area contributed by atoms with Gasteiger partial charge in [0.05, 0.1) is 0 Å². The molecule has 4 heteroatoms. The Balaban J connectivity index is 4.16. The number of carbonyl (C=O) groups is 2. The molecule has 0 aromatic heterocycles. The molecule has 0 saturated carbocycles. The third-order valence-electron chi connectivity index (χ3n) is 8.32. The molecule has 0 aromatic rings. The summed E-state index contributed by atoms with van der Waals surface area (Å²) < 4.78 is 5.95. The minimum atomic E-state index is -0.711. The Labute approximate surface area is 279 Å². The van der Waals surface area contributed by atoms with E-state index in [1.54, 1.807) is 0 Å². The number of carboxylic acids is 1. The number of aliphatic carboxylic acids is 1. The number of ether oxygens (including phenoxy) is 1. The van der Waals surface area contributed by atoms with Crippen molar-refractivity contribution in [3.63, 3.8) is 0 Å². The number of rotatable bonds is 34. The lowest BCUT2D eigenvalue weighted by atomic mass is 10.0.